The summed E-state index contributed by atoms with van der Waals surface area (Å²) >= 11 is 3.36. The molecule has 0 spiro atoms. The monoisotopic (exact) mass is 344 g/mol. The molecule has 0 bridgehead atoms. The lowest BCUT2D eigenvalue weighted by atomic mass is 10.2. The van der Waals surface area contributed by atoms with Crippen LogP contribution in [0.4, 0.5) is 5.82 Å². The second-order valence-electron chi connectivity index (χ2n) is 3.97. The van der Waals surface area contributed by atoms with Gasteiger partial charge in [0, 0.05) is 24.3 Å². The van der Waals surface area contributed by atoms with Crippen LogP contribution in [0.1, 0.15) is 5.56 Å². The van der Waals surface area contributed by atoms with Crippen LogP contribution >= 0.6 is 15.9 Å². The highest BCUT2D eigenvalue weighted by atomic mass is 79.9. The minimum atomic E-state index is -3.66. The maximum absolute atomic E-state index is 12.1. The molecule has 2 rings (SSSR count). The smallest absolute Gasteiger partial charge is 0.246 e. The zero-order valence-corrected chi connectivity index (χ0v) is 12.6. The Hall–Kier alpha value is -1.38. The summed E-state index contributed by atoms with van der Waals surface area (Å²) in [5, 5.41) is 3.82. The third-order valence-corrected chi connectivity index (χ3v) is 4.71. The molecule has 0 saturated heterocycles. The lowest BCUT2D eigenvalue weighted by Crippen LogP contribution is -2.23. The number of nitrogens with two attached hydrogens (primary N) is 1. The van der Waals surface area contributed by atoms with Crippen LogP contribution < -0.4 is 10.5 Å². The van der Waals surface area contributed by atoms with Gasteiger partial charge in [-0.25, -0.2) is 13.1 Å². The van der Waals surface area contributed by atoms with Crippen LogP contribution in [0.3, 0.4) is 0 Å². The number of nitrogens with one attached hydrogen (secondary N) is 1. The quantitative estimate of drug-likeness (QED) is 0.873. The van der Waals surface area contributed by atoms with Crippen molar-refractivity contribution in [2.45, 2.75) is 11.4 Å². The van der Waals surface area contributed by atoms with Gasteiger partial charge < -0.3 is 5.73 Å². The number of aromatic nitrogens is 2. The van der Waals surface area contributed by atoms with Gasteiger partial charge in [-0.15, -0.1) is 0 Å². The summed E-state index contributed by atoms with van der Waals surface area (Å²) in [7, 11) is -2.05. The molecule has 3 N–H and O–H groups in total. The first-order valence-electron chi connectivity index (χ1n) is 5.42. The molecule has 0 aliphatic heterocycles. The maximum atomic E-state index is 12.1. The van der Waals surface area contributed by atoms with E-state index in [2.05, 4.69) is 25.8 Å². The van der Waals surface area contributed by atoms with Gasteiger partial charge in [-0.05, 0) is 11.6 Å². The SMILES string of the molecule is Cn1cc(S(=O)(=O)NCc2ccccc2Br)c(N)n1. The Morgan fingerprint density at radius 3 is 2.68 bits per heavy atom. The molecular weight excluding hydrogens is 332 g/mol. The van der Waals surface area contributed by atoms with Crippen molar-refractivity contribution >= 4 is 31.8 Å². The summed E-state index contributed by atoms with van der Waals surface area (Å²) in [6, 6.07) is 7.38. The number of benzene rings is 1. The number of nitrogen functional groups attached to an aromatic ring is 1. The lowest BCUT2D eigenvalue weighted by Gasteiger charge is -2.07. The normalized spacial score (nSPS) is 11.7. The lowest BCUT2D eigenvalue weighted by molar-refractivity contribution is 0.581. The molecule has 0 radical (unpaired) electrons. The molecule has 102 valence electrons. The van der Waals surface area contributed by atoms with Crippen molar-refractivity contribution in [2.24, 2.45) is 7.05 Å². The van der Waals surface area contributed by atoms with Crippen molar-refractivity contribution < 1.29 is 8.42 Å². The number of aryl methyl sites for hydroxylation is 1. The number of rotatable bonds is 4. The Bertz CT molecular complexity index is 696. The molecule has 8 heteroatoms. The van der Waals surface area contributed by atoms with Crippen molar-refractivity contribution in [3.8, 4) is 0 Å². The van der Waals surface area contributed by atoms with Gasteiger partial charge in [0.25, 0.3) is 0 Å². The Labute approximate surface area is 119 Å². The number of nitrogens with zero attached hydrogens (tertiary/aromatic N) is 2. The fourth-order valence-electron chi connectivity index (χ4n) is 1.58. The molecule has 0 aliphatic carbocycles. The van der Waals surface area contributed by atoms with Gasteiger partial charge in [-0.2, -0.15) is 5.10 Å². The molecule has 0 amide bonds. The molecule has 0 atom stereocenters. The van der Waals surface area contributed by atoms with Gasteiger partial charge in [0.1, 0.15) is 4.90 Å². The topological polar surface area (TPSA) is 90.0 Å². The molecule has 0 fully saturated rings. The van der Waals surface area contributed by atoms with Crippen molar-refractivity contribution in [1.82, 2.24) is 14.5 Å². The highest BCUT2D eigenvalue weighted by Gasteiger charge is 2.20. The van der Waals surface area contributed by atoms with Crippen molar-refractivity contribution in [3.05, 3.63) is 40.5 Å². The van der Waals surface area contributed by atoms with Crippen molar-refractivity contribution in [1.29, 1.82) is 0 Å². The van der Waals surface area contributed by atoms with Crippen LogP contribution in [0.15, 0.2) is 39.8 Å². The Balaban J connectivity index is 2.19. The predicted octanol–water partition coefficient (Wildman–Crippen LogP) is 1.24. The molecule has 1 heterocycles. The fraction of sp³-hybridized carbons (Fsp3) is 0.182. The van der Waals surface area contributed by atoms with E-state index in [1.807, 2.05) is 24.3 Å². The Morgan fingerprint density at radius 1 is 1.42 bits per heavy atom. The van der Waals surface area contributed by atoms with Crippen LogP contribution in [-0.4, -0.2) is 18.2 Å². The molecule has 6 nitrogen and oxygen atoms in total. The van der Waals surface area contributed by atoms with Crippen LogP contribution in [0.2, 0.25) is 0 Å². The third-order valence-electron chi connectivity index (χ3n) is 2.52. The second kappa shape index (κ2) is 5.32. The van der Waals surface area contributed by atoms with E-state index in [4.69, 9.17) is 5.73 Å². The number of halogens is 1. The Kier molecular flexibility index (Phi) is 3.93. The van der Waals surface area contributed by atoms with Gasteiger partial charge >= 0.3 is 0 Å². The van der Waals surface area contributed by atoms with Crippen molar-refractivity contribution in [3.63, 3.8) is 0 Å². The summed E-state index contributed by atoms with van der Waals surface area (Å²) in [5.74, 6) is -0.0119. The second-order valence-corrected chi connectivity index (χ2v) is 6.56. The van der Waals surface area contributed by atoms with E-state index in [1.54, 1.807) is 7.05 Å². The van der Waals surface area contributed by atoms with E-state index in [1.165, 1.54) is 10.9 Å². The fourth-order valence-corrected chi connectivity index (χ4v) is 3.12. The van der Waals surface area contributed by atoms with Crippen LogP contribution in [-0.2, 0) is 23.6 Å². The minimum absolute atomic E-state index is 0.0119. The summed E-state index contributed by atoms with van der Waals surface area (Å²) in [4.78, 5) is -0.0120. The predicted molar refractivity (Wildman–Crippen MR) is 75.8 cm³/mol. The van der Waals surface area contributed by atoms with E-state index in [0.29, 0.717) is 0 Å². The van der Waals surface area contributed by atoms with Crippen molar-refractivity contribution in [2.75, 3.05) is 5.73 Å². The van der Waals surface area contributed by atoms with Gasteiger partial charge in [0.05, 0.1) is 0 Å². The third kappa shape index (κ3) is 3.14. The molecule has 1 aromatic carbocycles. The standard InChI is InChI=1S/C11H13BrN4O2S/c1-16-7-10(11(13)15-16)19(17,18)14-6-8-4-2-3-5-9(8)12/h2-5,7,14H,6H2,1H3,(H2,13,15). The highest BCUT2D eigenvalue weighted by Crippen LogP contribution is 2.18. The molecule has 0 unspecified atom stereocenters. The van der Waals surface area contributed by atoms with Crippen LogP contribution in [0.25, 0.3) is 0 Å². The molecule has 1 aromatic heterocycles. The summed E-state index contributed by atoms with van der Waals surface area (Å²) in [6.07, 6.45) is 1.37. The van der Waals surface area contributed by atoms with E-state index in [9.17, 15) is 8.42 Å². The van der Waals surface area contributed by atoms with E-state index in [-0.39, 0.29) is 17.3 Å². The van der Waals surface area contributed by atoms with E-state index < -0.39 is 10.0 Å². The average Bonchev–Trinajstić information content (AvgIpc) is 2.68. The van der Waals surface area contributed by atoms with Crippen LogP contribution in [0.5, 0.6) is 0 Å². The number of anilines is 1. The molecule has 0 aliphatic rings. The maximum Gasteiger partial charge on any atom is 0.246 e. The first-order valence-corrected chi connectivity index (χ1v) is 7.70. The first kappa shape index (κ1) is 14.0. The number of sulfonamides is 1. The highest BCUT2D eigenvalue weighted by molar-refractivity contribution is 9.10. The van der Waals surface area contributed by atoms with Gasteiger partial charge in [-0.1, -0.05) is 34.1 Å². The number of hydrogen-bond donors (Lipinski definition) is 2. The van der Waals surface area contributed by atoms with Crippen LogP contribution in [0, 0.1) is 0 Å². The van der Waals surface area contributed by atoms with Gasteiger partial charge in [0.15, 0.2) is 5.82 Å². The zero-order chi connectivity index (χ0) is 14.0. The minimum Gasteiger partial charge on any atom is -0.381 e. The number of hydrogen-bond acceptors (Lipinski definition) is 4. The van der Waals surface area contributed by atoms with E-state index in [0.717, 1.165) is 10.0 Å². The molecule has 2 aromatic rings. The van der Waals surface area contributed by atoms with Gasteiger partial charge in [-0.3, -0.25) is 4.68 Å². The summed E-state index contributed by atoms with van der Waals surface area (Å²) < 4.78 is 28.9. The molecule has 0 saturated carbocycles. The summed E-state index contributed by atoms with van der Waals surface area (Å²) in [6.45, 7) is 0.179. The van der Waals surface area contributed by atoms with E-state index >= 15 is 0 Å². The molecule has 19 heavy (non-hydrogen) atoms. The first-order chi connectivity index (χ1) is 8.90. The summed E-state index contributed by atoms with van der Waals surface area (Å²) in [5.41, 5.74) is 6.41. The average molecular weight is 345 g/mol. The Morgan fingerprint density at radius 2 is 2.11 bits per heavy atom. The zero-order valence-electron chi connectivity index (χ0n) is 10.2. The largest absolute Gasteiger partial charge is 0.381 e. The molecular formula is C11H13BrN4O2S. The van der Waals surface area contributed by atoms with Gasteiger partial charge in [0.2, 0.25) is 10.0 Å².